The fourth-order valence-electron chi connectivity index (χ4n) is 1.34. The smallest absolute Gasteiger partial charge is 0.137 e. The Morgan fingerprint density at radius 3 is 2.62 bits per heavy atom. The molecule has 0 saturated carbocycles. The molecular weight excluding hydrogens is 202 g/mol. The Labute approximate surface area is 97.6 Å². The van der Waals surface area contributed by atoms with Crippen LogP contribution in [-0.4, -0.2) is 39.9 Å². The van der Waals surface area contributed by atoms with E-state index in [0.29, 0.717) is 0 Å². The van der Waals surface area contributed by atoms with E-state index in [2.05, 4.69) is 41.5 Å². The molecule has 0 aliphatic carbocycles. The number of hydrogen-bond donors (Lipinski definition) is 2. The maximum absolute atomic E-state index is 4.04. The Kier molecular flexibility index (Phi) is 5.42. The number of nitrogens with one attached hydrogen (secondary N) is 2. The summed E-state index contributed by atoms with van der Waals surface area (Å²) in [6, 6.07) is 0. The first kappa shape index (κ1) is 13.1. The summed E-state index contributed by atoms with van der Waals surface area (Å²) in [6.07, 6.45) is 4.45. The number of aromatic nitrogens is 3. The Hall–Kier alpha value is -0.940. The lowest BCUT2D eigenvalue weighted by atomic mass is 10.1. The van der Waals surface area contributed by atoms with E-state index < -0.39 is 0 Å². The Morgan fingerprint density at radius 2 is 2.00 bits per heavy atom. The van der Waals surface area contributed by atoms with E-state index in [-0.39, 0.29) is 5.54 Å². The lowest BCUT2D eigenvalue weighted by Gasteiger charge is -2.20. The quantitative estimate of drug-likeness (QED) is 0.669. The van der Waals surface area contributed by atoms with Gasteiger partial charge in [0.25, 0.3) is 0 Å². The van der Waals surface area contributed by atoms with Crippen LogP contribution in [0.3, 0.4) is 0 Å². The van der Waals surface area contributed by atoms with Gasteiger partial charge in [-0.3, -0.25) is 4.68 Å². The minimum absolute atomic E-state index is 0.223. The van der Waals surface area contributed by atoms with Crippen LogP contribution in [0.4, 0.5) is 0 Å². The maximum atomic E-state index is 4.04. The first-order valence-corrected chi connectivity index (χ1v) is 5.86. The molecule has 1 aromatic heterocycles. The summed E-state index contributed by atoms with van der Waals surface area (Å²) in [7, 11) is 0. The largest absolute Gasteiger partial charge is 0.315 e. The van der Waals surface area contributed by atoms with Gasteiger partial charge < -0.3 is 10.6 Å². The van der Waals surface area contributed by atoms with Gasteiger partial charge in [-0.1, -0.05) is 0 Å². The zero-order chi connectivity index (χ0) is 11.9. The van der Waals surface area contributed by atoms with Gasteiger partial charge in [0.1, 0.15) is 12.7 Å². The highest BCUT2D eigenvalue weighted by Gasteiger charge is 2.06. The van der Waals surface area contributed by atoms with Crippen LogP contribution >= 0.6 is 0 Å². The minimum atomic E-state index is 0.223. The van der Waals surface area contributed by atoms with Crippen molar-refractivity contribution < 1.29 is 0 Å². The van der Waals surface area contributed by atoms with Crippen molar-refractivity contribution in [1.82, 2.24) is 25.4 Å². The molecule has 16 heavy (non-hydrogen) atoms. The van der Waals surface area contributed by atoms with E-state index in [1.807, 2.05) is 4.68 Å². The molecule has 0 aromatic carbocycles. The molecule has 1 aromatic rings. The fraction of sp³-hybridized carbons (Fsp3) is 0.818. The lowest BCUT2D eigenvalue weighted by molar-refractivity contribution is 0.417. The third kappa shape index (κ3) is 6.53. The highest BCUT2D eigenvalue weighted by Crippen LogP contribution is 1.97. The summed E-state index contributed by atoms with van der Waals surface area (Å²) in [6.45, 7) is 10.5. The van der Waals surface area contributed by atoms with Crippen LogP contribution in [0.1, 0.15) is 27.2 Å². The van der Waals surface area contributed by atoms with Crippen molar-refractivity contribution >= 4 is 0 Å². The molecule has 5 nitrogen and oxygen atoms in total. The zero-order valence-electron chi connectivity index (χ0n) is 10.5. The van der Waals surface area contributed by atoms with Crippen molar-refractivity contribution in [3.05, 3.63) is 12.7 Å². The third-order valence-corrected chi connectivity index (χ3v) is 2.17. The fourth-order valence-corrected chi connectivity index (χ4v) is 1.34. The van der Waals surface area contributed by atoms with Gasteiger partial charge >= 0.3 is 0 Å². The van der Waals surface area contributed by atoms with Gasteiger partial charge in [-0.25, -0.2) is 4.98 Å². The van der Waals surface area contributed by atoms with Crippen molar-refractivity contribution in [2.75, 3.05) is 19.6 Å². The Morgan fingerprint density at radius 1 is 1.19 bits per heavy atom. The lowest BCUT2D eigenvalue weighted by Crippen LogP contribution is -2.37. The zero-order valence-corrected chi connectivity index (χ0v) is 10.5. The van der Waals surface area contributed by atoms with Gasteiger partial charge in [0.2, 0.25) is 0 Å². The van der Waals surface area contributed by atoms with Crippen LogP contribution < -0.4 is 10.6 Å². The van der Waals surface area contributed by atoms with E-state index in [1.165, 1.54) is 0 Å². The average Bonchev–Trinajstić information content (AvgIpc) is 2.67. The van der Waals surface area contributed by atoms with Crippen LogP contribution in [0.5, 0.6) is 0 Å². The summed E-state index contributed by atoms with van der Waals surface area (Å²) < 4.78 is 1.83. The maximum Gasteiger partial charge on any atom is 0.137 e. The van der Waals surface area contributed by atoms with E-state index in [0.717, 1.165) is 32.6 Å². The predicted molar refractivity (Wildman–Crippen MR) is 65.3 cm³/mol. The van der Waals surface area contributed by atoms with Crippen LogP contribution in [0, 0.1) is 0 Å². The van der Waals surface area contributed by atoms with Crippen molar-refractivity contribution in [2.24, 2.45) is 0 Å². The molecule has 0 amide bonds. The van der Waals surface area contributed by atoms with Crippen LogP contribution in [0.25, 0.3) is 0 Å². The van der Waals surface area contributed by atoms with Crippen LogP contribution in [0.2, 0.25) is 0 Å². The Bertz CT molecular complexity index is 262. The van der Waals surface area contributed by atoms with Gasteiger partial charge in [-0.05, 0) is 40.3 Å². The number of rotatable bonds is 7. The molecule has 0 saturated heterocycles. The van der Waals surface area contributed by atoms with E-state index >= 15 is 0 Å². The second-order valence-corrected chi connectivity index (χ2v) is 4.94. The second-order valence-electron chi connectivity index (χ2n) is 4.94. The van der Waals surface area contributed by atoms with Crippen molar-refractivity contribution in [2.45, 2.75) is 39.3 Å². The molecule has 0 fully saturated rings. The molecule has 1 heterocycles. The highest BCUT2D eigenvalue weighted by molar-refractivity contribution is 4.69. The molecule has 0 aliphatic heterocycles. The first-order valence-electron chi connectivity index (χ1n) is 5.86. The SMILES string of the molecule is CC(C)(C)NCCCNCCn1cncn1. The average molecular weight is 225 g/mol. The standard InChI is InChI=1S/C11H23N5/c1-11(2,3)14-6-4-5-12-7-8-16-10-13-9-15-16/h9-10,12,14H,4-8H2,1-3H3. The molecule has 0 aliphatic rings. The summed E-state index contributed by atoms with van der Waals surface area (Å²) >= 11 is 0. The van der Waals surface area contributed by atoms with Gasteiger partial charge in [-0.15, -0.1) is 0 Å². The van der Waals surface area contributed by atoms with Gasteiger partial charge in [-0.2, -0.15) is 5.10 Å². The normalized spacial score (nSPS) is 11.9. The van der Waals surface area contributed by atoms with Gasteiger partial charge in [0, 0.05) is 12.1 Å². The van der Waals surface area contributed by atoms with E-state index in [1.54, 1.807) is 12.7 Å². The molecule has 0 atom stereocenters. The summed E-state index contributed by atoms with van der Waals surface area (Å²) in [5.74, 6) is 0. The molecule has 5 heteroatoms. The molecule has 0 spiro atoms. The van der Waals surface area contributed by atoms with Crippen LogP contribution in [-0.2, 0) is 6.54 Å². The summed E-state index contributed by atoms with van der Waals surface area (Å²) in [5, 5.41) is 10.9. The molecule has 0 bridgehead atoms. The highest BCUT2D eigenvalue weighted by atomic mass is 15.3. The Balaban J connectivity index is 1.89. The molecule has 92 valence electrons. The van der Waals surface area contributed by atoms with Crippen molar-refractivity contribution in [3.63, 3.8) is 0 Å². The monoisotopic (exact) mass is 225 g/mol. The van der Waals surface area contributed by atoms with Gasteiger partial charge in [0.15, 0.2) is 0 Å². The molecule has 0 radical (unpaired) electrons. The predicted octanol–water partition coefficient (Wildman–Crippen LogP) is 0.646. The topological polar surface area (TPSA) is 54.8 Å². The first-order chi connectivity index (χ1) is 7.58. The van der Waals surface area contributed by atoms with Crippen molar-refractivity contribution in [1.29, 1.82) is 0 Å². The van der Waals surface area contributed by atoms with Crippen molar-refractivity contribution in [3.8, 4) is 0 Å². The molecule has 0 unspecified atom stereocenters. The summed E-state index contributed by atoms with van der Waals surface area (Å²) in [5.41, 5.74) is 0.223. The molecule has 2 N–H and O–H groups in total. The van der Waals surface area contributed by atoms with Gasteiger partial charge in [0.05, 0.1) is 6.54 Å². The number of hydrogen-bond acceptors (Lipinski definition) is 4. The molecular formula is C11H23N5. The van der Waals surface area contributed by atoms with Crippen LogP contribution in [0.15, 0.2) is 12.7 Å². The third-order valence-electron chi connectivity index (χ3n) is 2.17. The van der Waals surface area contributed by atoms with E-state index in [4.69, 9.17) is 0 Å². The molecule has 1 rings (SSSR count). The number of nitrogens with zero attached hydrogens (tertiary/aromatic N) is 3. The van der Waals surface area contributed by atoms with E-state index in [9.17, 15) is 0 Å². The minimum Gasteiger partial charge on any atom is -0.315 e. The summed E-state index contributed by atoms with van der Waals surface area (Å²) in [4.78, 5) is 3.89. The second kappa shape index (κ2) is 6.60.